The molecular formula is C27H31NO6S. The van der Waals surface area contributed by atoms with Crippen molar-refractivity contribution in [2.75, 3.05) is 27.9 Å². The van der Waals surface area contributed by atoms with Gasteiger partial charge in [-0.1, -0.05) is 13.0 Å². The van der Waals surface area contributed by atoms with Crippen LogP contribution in [0.1, 0.15) is 55.4 Å². The van der Waals surface area contributed by atoms with Gasteiger partial charge in [-0.25, -0.2) is 4.79 Å². The van der Waals surface area contributed by atoms with Crippen molar-refractivity contribution in [1.29, 1.82) is 0 Å². The standard InChI is InChI=1S/C27H31NO6S/c1-6-9-34-27(30)23-15(2)28-18-11-16(22-8-7-10-35-22)12-19(29)25(18)24(23)17-13-20(31-3)26(33-5)21(14-17)32-4/h7-8,10,13-14,16,24,28H,6,9,11-12H2,1-5H3/t16-,24+/m0/s1. The normalized spacial score (nSPS) is 19.7. The number of benzene rings is 1. The summed E-state index contributed by atoms with van der Waals surface area (Å²) < 4.78 is 22.2. The van der Waals surface area contributed by atoms with E-state index < -0.39 is 11.9 Å². The molecule has 4 rings (SSSR count). The summed E-state index contributed by atoms with van der Waals surface area (Å²) in [5, 5.41) is 5.41. The van der Waals surface area contributed by atoms with Gasteiger partial charge in [0, 0.05) is 40.1 Å². The number of esters is 1. The van der Waals surface area contributed by atoms with Gasteiger partial charge >= 0.3 is 5.97 Å². The minimum absolute atomic E-state index is 0.0178. The number of nitrogens with one attached hydrogen (secondary N) is 1. The van der Waals surface area contributed by atoms with Crippen LogP contribution in [0.2, 0.25) is 0 Å². The molecule has 2 heterocycles. The number of methoxy groups -OCH3 is 3. The molecular weight excluding hydrogens is 466 g/mol. The van der Waals surface area contributed by atoms with Crippen LogP contribution in [0.25, 0.3) is 0 Å². The zero-order valence-corrected chi connectivity index (χ0v) is 21.5. The molecule has 2 aromatic rings. The first-order valence-corrected chi connectivity index (χ1v) is 12.6. The summed E-state index contributed by atoms with van der Waals surface area (Å²) in [6.45, 7) is 4.11. The van der Waals surface area contributed by atoms with Crippen molar-refractivity contribution in [3.05, 3.63) is 62.6 Å². The molecule has 1 aromatic heterocycles. The molecule has 8 heteroatoms. The molecule has 2 atom stereocenters. The number of allylic oxidation sites excluding steroid dienone is 3. The van der Waals surface area contributed by atoms with E-state index in [1.807, 2.05) is 25.3 Å². The Morgan fingerprint density at radius 2 is 1.83 bits per heavy atom. The minimum atomic E-state index is -0.610. The van der Waals surface area contributed by atoms with Gasteiger partial charge in [-0.15, -0.1) is 11.3 Å². The molecule has 0 fully saturated rings. The number of dihydropyridines is 1. The molecule has 0 spiro atoms. The largest absolute Gasteiger partial charge is 0.493 e. The summed E-state index contributed by atoms with van der Waals surface area (Å²) in [6.07, 6.45) is 1.78. The second-order valence-electron chi connectivity index (χ2n) is 8.63. The van der Waals surface area contributed by atoms with Gasteiger partial charge < -0.3 is 24.3 Å². The van der Waals surface area contributed by atoms with Crippen molar-refractivity contribution >= 4 is 23.1 Å². The topological polar surface area (TPSA) is 83.1 Å². The van der Waals surface area contributed by atoms with E-state index in [0.717, 1.165) is 5.70 Å². The van der Waals surface area contributed by atoms with E-state index in [1.54, 1.807) is 37.7 Å². The number of carbonyl (C=O) groups is 2. The lowest BCUT2D eigenvalue weighted by molar-refractivity contribution is -0.139. The van der Waals surface area contributed by atoms with Gasteiger partial charge in [0.1, 0.15) is 0 Å². The summed E-state index contributed by atoms with van der Waals surface area (Å²) in [6, 6.07) is 7.69. The number of hydrogen-bond donors (Lipinski definition) is 1. The van der Waals surface area contributed by atoms with Crippen LogP contribution in [0, 0.1) is 0 Å². The first-order chi connectivity index (χ1) is 16.9. The minimum Gasteiger partial charge on any atom is -0.493 e. The van der Waals surface area contributed by atoms with E-state index in [1.165, 1.54) is 12.0 Å². The van der Waals surface area contributed by atoms with E-state index in [9.17, 15) is 9.59 Å². The molecule has 0 radical (unpaired) electrons. The van der Waals surface area contributed by atoms with E-state index in [2.05, 4.69) is 11.4 Å². The molecule has 1 aromatic carbocycles. The van der Waals surface area contributed by atoms with Crippen LogP contribution in [-0.2, 0) is 14.3 Å². The molecule has 1 aliphatic carbocycles. The molecule has 186 valence electrons. The Bertz CT molecular complexity index is 1160. The summed E-state index contributed by atoms with van der Waals surface area (Å²) in [5.41, 5.74) is 3.26. The third kappa shape index (κ3) is 4.67. The zero-order chi connectivity index (χ0) is 25.1. The van der Waals surface area contributed by atoms with E-state index in [-0.39, 0.29) is 11.7 Å². The Morgan fingerprint density at radius 3 is 2.40 bits per heavy atom. The smallest absolute Gasteiger partial charge is 0.336 e. The maximum atomic E-state index is 13.7. The van der Waals surface area contributed by atoms with Crippen LogP contribution in [0.15, 0.2) is 52.2 Å². The van der Waals surface area contributed by atoms with Crippen LogP contribution < -0.4 is 19.5 Å². The predicted octanol–water partition coefficient (Wildman–Crippen LogP) is 5.09. The Balaban J connectivity index is 1.87. The zero-order valence-electron chi connectivity index (χ0n) is 20.7. The summed E-state index contributed by atoms with van der Waals surface area (Å²) in [4.78, 5) is 28.1. The highest BCUT2D eigenvalue weighted by atomic mass is 32.1. The molecule has 7 nitrogen and oxygen atoms in total. The Labute approximate surface area is 209 Å². The molecule has 0 bridgehead atoms. The number of ketones is 1. The molecule has 0 unspecified atom stereocenters. The van der Waals surface area contributed by atoms with E-state index in [4.69, 9.17) is 18.9 Å². The molecule has 35 heavy (non-hydrogen) atoms. The summed E-state index contributed by atoms with van der Waals surface area (Å²) in [5.74, 6) is 0.448. The van der Waals surface area contributed by atoms with Gasteiger partial charge in [0.15, 0.2) is 17.3 Å². The summed E-state index contributed by atoms with van der Waals surface area (Å²) in [7, 11) is 4.63. The van der Waals surface area contributed by atoms with Crippen molar-refractivity contribution in [1.82, 2.24) is 5.32 Å². The van der Waals surface area contributed by atoms with Gasteiger partial charge in [0.2, 0.25) is 5.75 Å². The SMILES string of the molecule is CCCOC(=O)C1=C(C)NC2=C(C(=O)C[C@@H](c3cccs3)C2)[C@@H]1c1cc(OC)c(OC)c(OC)c1. The maximum Gasteiger partial charge on any atom is 0.336 e. The maximum absolute atomic E-state index is 13.7. The van der Waals surface area contributed by atoms with Crippen molar-refractivity contribution in [2.24, 2.45) is 0 Å². The number of rotatable bonds is 8. The highest BCUT2D eigenvalue weighted by Crippen LogP contribution is 2.49. The van der Waals surface area contributed by atoms with Crippen molar-refractivity contribution < 1.29 is 28.5 Å². The molecule has 1 N–H and O–H groups in total. The predicted molar refractivity (Wildman–Crippen MR) is 134 cm³/mol. The highest BCUT2D eigenvalue weighted by Gasteiger charge is 2.42. The molecule has 1 aliphatic heterocycles. The second-order valence-corrected chi connectivity index (χ2v) is 9.61. The van der Waals surface area contributed by atoms with Gasteiger partial charge in [-0.2, -0.15) is 0 Å². The highest BCUT2D eigenvalue weighted by molar-refractivity contribution is 7.10. The number of Topliss-reactive ketones (excluding diaryl/α,β-unsaturated/α-hetero) is 1. The van der Waals surface area contributed by atoms with Crippen LogP contribution in [0.4, 0.5) is 0 Å². The molecule has 2 aliphatic rings. The number of hydrogen-bond acceptors (Lipinski definition) is 8. The molecule has 0 amide bonds. The Morgan fingerprint density at radius 1 is 1.11 bits per heavy atom. The van der Waals surface area contributed by atoms with Crippen LogP contribution in [-0.4, -0.2) is 39.7 Å². The molecule has 0 saturated carbocycles. The quantitative estimate of drug-likeness (QED) is 0.509. The van der Waals surface area contributed by atoms with E-state index >= 15 is 0 Å². The van der Waals surface area contributed by atoms with Crippen molar-refractivity contribution in [3.8, 4) is 17.2 Å². The van der Waals surface area contributed by atoms with Crippen LogP contribution in [0.5, 0.6) is 17.2 Å². The fourth-order valence-corrected chi connectivity index (χ4v) is 5.74. The number of thiophene rings is 1. The first-order valence-electron chi connectivity index (χ1n) is 11.7. The average molecular weight is 498 g/mol. The monoisotopic (exact) mass is 497 g/mol. The Hall–Kier alpha value is -3.26. The number of ether oxygens (including phenoxy) is 4. The average Bonchev–Trinajstić information content (AvgIpc) is 3.40. The van der Waals surface area contributed by atoms with Crippen LogP contribution in [0.3, 0.4) is 0 Å². The van der Waals surface area contributed by atoms with Crippen molar-refractivity contribution in [3.63, 3.8) is 0 Å². The fourth-order valence-electron chi connectivity index (χ4n) is 4.91. The van der Waals surface area contributed by atoms with Gasteiger partial charge in [-0.05, 0) is 48.9 Å². The third-order valence-corrected chi connectivity index (χ3v) is 7.49. The lowest BCUT2D eigenvalue weighted by Gasteiger charge is -2.36. The van der Waals surface area contributed by atoms with Gasteiger partial charge in [-0.3, -0.25) is 4.79 Å². The van der Waals surface area contributed by atoms with Crippen LogP contribution >= 0.6 is 11.3 Å². The van der Waals surface area contributed by atoms with E-state index in [0.29, 0.717) is 65.5 Å². The fraction of sp³-hybridized carbons (Fsp3) is 0.407. The lowest BCUT2D eigenvalue weighted by Crippen LogP contribution is -2.36. The number of carbonyl (C=O) groups excluding carboxylic acids is 2. The third-order valence-electron chi connectivity index (χ3n) is 6.45. The van der Waals surface area contributed by atoms with Crippen molar-refractivity contribution in [2.45, 2.75) is 44.9 Å². The lowest BCUT2D eigenvalue weighted by atomic mass is 9.72. The second kappa shape index (κ2) is 10.6. The first kappa shape index (κ1) is 24.9. The summed E-state index contributed by atoms with van der Waals surface area (Å²) >= 11 is 1.66. The molecule has 0 saturated heterocycles. The van der Waals surface area contributed by atoms with Gasteiger partial charge in [0.05, 0.1) is 33.5 Å². The van der Waals surface area contributed by atoms with Gasteiger partial charge in [0.25, 0.3) is 0 Å². The Kier molecular flexibility index (Phi) is 7.50.